The SMILES string of the molecule is CC(C)(O)CC1=C(O)c2ccccc2C(=O)C1=O. The summed E-state index contributed by atoms with van der Waals surface area (Å²) in [7, 11) is 0. The highest BCUT2D eigenvalue weighted by Gasteiger charge is 2.34. The van der Waals surface area contributed by atoms with Crippen LogP contribution in [0.1, 0.15) is 36.2 Å². The van der Waals surface area contributed by atoms with Crippen molar-refractivity contribution >= 4 is 17.3 Å². The number of fused-ring (bicyclic) bond motifs is 1. The Morgan fingerprint density at radius 2 is 1.61 bits per heavy atom. The molecule has 0 radical (unpaired) electrons. The Balaban J connectivity index is 2.59. The van der Waals surface area contributed by atoms with Gasteiger partial charge in [-0.05, 0) is 13.8 Å². The first-order valence-corrected chi connectivity index (χ1v) is 5.64. The van der Waals surface area contributed by atoms with Gasteiger partial charge < -0.3 is 10.2 Å². The number of carbonyl (C=O) groups is 2. The van der Waals surface area contributed by atoms with Crippen molar-refractivity contribution in [2.75, 3.05) is 0 Å². The topological polar surface area (TPSA) is 74.6 Å². The van der Waals surface area contributed by atoms with Gasteiger partial charge in [0.25, 0.3) is 0 Å². The van der Waals surface area contributed by atoms with E-state index in [0.29, 0.717) is 5.56 Å². The summed E-state index contributed by atoms with van der Waals surface area (Å²) >= 11 is 0. The third kappa shape index (κ3) is 2.07. The van der Waals surface area contributed by atoms with E-state index in [0.717, 1.165) is 0 Å². The molecule has 1 aromatic rings. The molecule has 18 heavy (non-hydrogen) atoms. The standard InChI is InChI=1S/C14H14O4/c1-14(2,18)7-10-11(15)8-5-3-4-6-9(8)12(16)13(10)17/h3-6,15,18H,7H2,1-2H3. The quantitative estimate of drug-likeness (QED) is 0.781. The van der Waals surface area contributed by atoms with Crippen molar-refractivity contribution in [2.24, 2.45) is 0 Å². The summed E-state index contributed by atoms with van der Waals surface area (Å²) in [6, 6.07) is 6.41. The molecule has 1 aliphatic rings. The average Bonchev–Trinajstić information content (AvgIpc) is 2.31. The molecule has 0 bridgehead atoms. The molecule has 0 unspecified atom stereocenters. The van der Waals surface area contributed by atoms with E-state index < -0.39 is 17.2 Å². The normalized spacial score (nSPS) is 15.9. The van der Waals surface area contributed by atoms with Crippen molar-refractivity contribution in [1.29, 1.82) is 0 Å². The molecule has 4 heteroatoms. The summed E-state index contributed by atoms with van der Waals surface area (Å²) in [5, 5.41) is 19.8. The Bertz CT molecular complexity index is 561. The van der Waals surface area contributed by atoms with Gasteiger partial charge in [-0.25, -0.2) is 0 Å². The van der Waals surface area contributed by atoms with Gasteiger partial charge in [0.2, 0.25) is 11.6 Å². The van der Waals surface area contributed by atoms with Crippen LogP contribution < -0.4 is 0 Å². The molecule has 0 spiro atoms. The summed E-state index contributed by atoms with van der Waals surface area (Å²) in [5.74, 6) is -1.59. The Morgan fingerprint density at radius 3 is 2.17 bits per heavy atom. The van der Waals surface area contributed by atoms with Crippen LogP contribution in [0.3, 0.4) is 0 Å². The monoisotopic (exact) mass is 246 g/mol. The van der Waals surface area contributed by atoms with Crippen molar-refractivity contribution < 1.29 is 19.8 Å². The number of hydrogen-bond acceptors (Lipinski definition) is 4. The second kappa shape index (κ2) is 4.07. The third-order valence-electron chi connectivity index (χ3n) is 2.80. The van der Waals surface area contributed by atoms with Crippen molar-refractivity contribution in [1.82, 2.24) is 0 Å². The van der Waals surface area contributed by atoms with Crippen LogP contribution in [-0.4, -0.2) is 27.4 Å². The summed E-state index contributed by atoms with van der Waals surface area (Å²) < 4.78 is 0. The summed E-state index contributed by atoms with van der Waals surface area (Å²) in [5.41, 5.74) is -0.627. The molecule has 94 valence electrons. The predicted molar refractivity (Wildman–Crippen MR) is 66.2 cm³/mol. The first kappa shape index (κ1) is 12.5. The van der Waals surface area contributed by atoms with Gasteiger partial charge in [-0.1, -0.05) is 24.3 Å². The smallest absolute Gasteiger partial charge is 0.234 e. The fourth-order valence-electron chi connectivity index (χ4n) is 2.01. The zero-order chi connectivity index (χ0) is 13.5. The van der Waals surface area contributed by atoms with E-state index in [1.54, 1.807) is 18.2 Å². The van der Waals surface area contributed by atoms with Gasteiger partial charge in [0.15, 0.2) is 0 Å². The molecule has 0 saturated heterocycles. The molecule has 0 amide bonds. The van der Waals surface area contributed by atoms with E-state index >= 15 is 0 Å². The lowest BCUT2D eigenvalue weighted by molar-refractivity contribution is -0.112. The van der Waals surface area contributed by atoms with E-state index in [1.165, 1.54) is 19.9 Å². The van der Waals surface area contributed by atoms with E-state index in [1.807, 2.05) is 0 Å². The molecule has 0 heterocycles. The molecular weight excluding hydrogens is 232 g/mol. The second-order valence-corrected chi connectivity index (χ2v) is 5.02. The van der Waals surface area contributed by atoms with Crippen LogP contribution in [0.15, 0.2) is 29.8 Å². The maximum absolute atomic E-state index is 11.9. The largest absolute Gasteiger partial charge is 0.507 e. The number of aliphatic hydroxyl groups excluding tert-OH is 1. The van der Waals surface area contributed by atoms with Crippen LogP contribution in [0.2, 0.25) is 0 Å². The van der Waals surface area contributed by atoms with Crippen molar-refractivity contribution in [3.63, 3.8) is 0 Å². The number of benzene rings is 1. The molecule has 1 aliphatic carbocycles. The lowest BCUT2D eigenvalue weighted by Gasteiger charge is -2.23. The van der Waals surface area contributed by atoms with Crippen LogP contribution in [0.5, 0.6) is 0 Å². The molecule has 0 atom stereocenters. The zero-order valence-electron chi connectivity index (χ0n) is 10.2. The number of Topliss-reactive ketones (excluding diaryl/α,β-unsaturated/α-hetero) is 2. The van der Waals surface area contributed by atoms with E-state index in [4.69, 9.17) is 0 Å². The molecule has 1 aromatic carbocycles. The molecule has 2 N–H and O–H groups in total. The zero-order valence-corrected chi connectivity index (χ0v) is 10.2. The van der Waals surface area contributed by atoms with E-state index in [-0.39, 0.29) is 23.3 Å². The highest BCUT2D eigenvalue weighted by Crippen LogP contribution is 2.31. The number of rotatable bonds is 2. The Hall–Kier alpha value is -1.94. The van der Waals surface area contributed by atoms with Crippen molar-refractivity contribution in [3.05, 3.63) is 41.0 Å². The molecule has 0 fully saturated rings. The second-order valence-electron chi connectivity index (χ2n) is 5.02. The minimum atomic E-state index is -1.16. The van der Waals surface area contributed by atoms with Gasteiger partial charge in [0, 0.05) is 23.1 Å². The fourth-order valence-corrected chi connectivity index (χ4v) is 2.01. The predicted octanol–water partition coefficient (Wildman–Crippen LogP) is 1.88. The molecule has 4 nitrogen and oxygen atoms in total. The molecule has 0 saturated carbocycles. The number of ketones is 2. The van der Waals surface area contributed by atoms with E-state index in [9.17, 15) is 19.8 Å². The maximum atomic E-state index is 11.9. The highest BCUT2D eigenvalue weighted by atomic mass is 16.3. The van der Waals surface area contributed by atoms with Gasteiger partial charge in [0.1, 0.15) is 5.76 Å². The van der Waals surface area contributed by atoms with Crippen molar-refractivity contribution in [3.8, 4) is 0 Å². The fraction of sp³-hybridized carbons (Fsp3) is 0.286. The van der Waals surface area contributed by atoms with E-state index in [2.05, 4.69) is 0 Å². The lowest BCUT2D eigenvalue weighted by atomic mass is 9.84. The number of carbonyl (C=O) groups excluding carboxylic acids is 2. The minimum Gasteiger partial charge on any atom is -0.507 e. The van der Waals surface area contributed by atoms with Crippen LogP contribution in [0.25, 0.3) is 5.76 Å². The Kier molecular flexibility index (Phi) is 2.83. The first-order chi connectivity index (χ1) is 8.31. The number of aliphatic hydroxyl groups is 2. The average molecular weight is 246 g/mol. The highest BCUT2D eigenvalue weighted by molar-refractivity contribution is 6.52. The maximum Gasteiger partial charge on any atom is 0.234 e. The molecule has 0 aromatic heterocycles. The Morgan fingerprint density at radius 1 is 1.06 bits per heavy atom. The minimum absolute atomic E-state index is 0.0220. The summed E-state index contributed by atoms with van der Waals surface area (Å²) in [6.45, 7) is 3.04. The van der Waals surface area contributed by atoms with Gasteiger partial charge in [-0.3, -0.25) is 9.59 Å². The number of hydrogen-bond donors (Lipinski definition) is 2. The van der Waals surface area contributed by atoms with Crippen LogP contribution in [0, 0.1) is 0 Å². The van der Waals surface area contributed by atoms with Crippen LogP contribution in [-0.2, 0) is 4.79 Å². The van der Waals surface area contributed by atoms with Crippen LogP contribution in [0.4, 0.5) is 0 Å². The lowest BCUT2D eigenvalue weighted by Crippen LogP contribution is -2.29. The molecular formula is C14H14O4. The van der Waals surface area contributed by atoms with Gasteiger partial charge >= 0.3 is 0 Å². The molecule has 2 rings (SSSR count). The van der Waals surface area contributed by atoms with Crippen molar-refractivity contribution in [2.45, 2.75) is 25.9 Å². The van der Waals surface area contributed by atoms with Crippen LogP contribution >= 0.6 is 0 Å². The Labute approximate surface area is 105 Å². The molecule has 0 aliphatic heterocycles. The van der Waals surface area contributed by atoms with Gasteiger partial charge in [-0.2, -0.15) is 0 Å². The van der Waals surface area contributed by atoms with Gasteiger partial charge in [0.05, 0.1) is 5.60 Å². The first-order valence-electron chi connectivity index (χ1n) is 5.64. The van der Waals surface area contributed by atoms with Gasteiger partial charge in [-0.15, -0.1) is 0 Å². The summed E-state index contributed by atoms with van der Waals surface area (Å²) in [4.78, 5) is 23.8. The third-order valence-corrected chi connectivity index (χ3v) is 2.80. The summed E-state index contributed by atoms with van der Waals surface area (Å²) in [6.07, 6.45) is -0.0578.